The predicted octanol–water partition coefficient (Wildman–Crippen LogP) is 0.644. The Balaban J connectivity index is 2.16. The van der Waals surface area contributed by atoms with E-state index in [1.54, 1.807) is 13.3 Å². The summed E-state index contributed by atoms with van der Waals surface area (Å²) >= 11 is 0. The monoisotopic (exact) mass is 167 g/mol. The van der Waals surface area contributed by atoms with Gasteiger partial charge in [0.1, 0.15) is 5.82 Å². The highest BCUT2D eigenvalue weighted by Crippen LogP contribution is 1.97. The van der Waals surface area contributed by atoms with Gasteiger partial charge in [0.25, 0.3) is 0 Å². The van der Waals surface area contributed by atoms with Gasteiger partial charge in [0, 0.05) is 19.3 Å². The van der Waals surface area contributed by atoms with E-state index in [9.17, 15) is 0 Å². The van der Waals surface area contributed by atoms with Crippen LogP contribution in [0.15, 0.2) is 24.4 Å². The summed E-state index contributed by atoms with van der Waals surface area (Å²) in [5.74, 6) is 0.885. The van der Waals surface area contributed by atoms with Crippen LogP contribution in [0.4, 0.5) is 5.82 Å². The third-order valence-corrected chi connectivity index (χ3v) is 1.34. The number of aromatic nitrogens is 1. The van der Waals surface area contributed by atoms with Gasteiger partial charge in [-0.15, -0.1) is 0 Å². The highest BCUT2D eigenvalue weighted by Gasteiger charge is 1.88. The van der Waals surface area contributed by atoms with Crippen molar-refractivity contribution < 1.29 is 4.84 Å². The van der Waals surface area contributed by atoms with Gasteiger partial charge >= 0.3 is 0 Å². The standard InChI is InChI=1S/C8H13N3O/c1-12-11-7-6-10-8-4-2-3-5-9-8/h2-5,11H,6-7H2,1H3,(H,9,10). The molecule has 0 atom stereocenters. The average molecular weight is 167 g/mol. The van der Waals surface area contributed by atoms with E-state index in [0.29, 0.717) is 0 Å². The van der Waals surface area contributed by atoms with E-state index in [0.717, 1.165) is 18.9 Å². The van der Waals surface area contributed by atoms with Crippen molar-refractivity contribution in [2.45, 2.75) is 0 Å². The molecule has 1 aromatic heterocycles. The van der Waals surface area contributed by atoms with Crippen molar-refractivity contribution in [1.82, 2.24) is 10.5 Å². The molecule has 0 saturated heterocycles. The zero-order chi connectivity index (χ0) is 8.65. The van der Waals surface area contributed by atoms with Crippen molar-refractivity contribution in [3.8, 4) is 0 Å². The Hall–Kier alpha value is -1.13. The van der Waals surface area contributed by atoms with E-state index in [1.807, 2.05) is 18.2 Å². The smallest absolute Gasteiger partial charge is 0.125 e. The quantitative estimate of drug-likeness (QED) is 0.499. The van der Waals surface area contributed by atoms with Crippen LogP contribution < -0.4 is 10.8 Å². The molecule has 0 aromatic carbocycles. The van der Waals surface area contributed by atoms with Gasteiger partial charge in [-0.1, -0.05) is 6.07 Å². The van der Waals surface area contributed by atoms with E-state index in [4.69, 9.17) is 0 Å². The number of rotatable bonds is 5. The van der Waals surface area contributed by atoms with Crippen molar-refractivity contribution in [3.05, 3.63) is 24.4 Å². The van der Waals surface area contributed by atoms with Gasteiger partial charge in [0.05, 0.1) is 7.11 Å². The lowest BCUT2D eigenvalue weighted by Gasteiger charge is -2.04. The van der Waals surface area contributed by atoms with Crippen molar-refractivity contribution in [2.75, 3.05) is 25.5 Å². The molecule has 0 fully saturated rings. The largest absolute Gasteiger partial charge is 0.369 e. The summed E-state index contributed by atoms with van der Waals surface area (Å²) in [6.07, 6.45) is 1.76. The molecule has 0 aliphatic heterocycles. The van der Waals surface area contributed by atoms with Crippen LogP contribution in [0.1, 0.15) is 0 Å². The predicted molar refractivity (Wildman–Crippen MR) is 47.7 cm³/mol. The van der Waals surface area contributed by atoms with Crippen LogP contribution in [0.5, 0.6) is 0 Å². The Bertz CT molecular complexity index is 203. The van der Waals surface area contributed by atoms with Crippen LogP contribution in [0.3, 0.4) is 0 Å². The molecule has 1 heterocycles. The topological polar surface area (TPSA) is 46.2 Å². The van der Waals surface area contributed by atoms with E-state index in [2.05, 4.69) is 20.6 Å². The maximum Gasteiger partial charge on any atom is 0.125 e. The Morgan fingerprint density at radius 3 is 3.00 bits per heavy atom. The summed E-state index contributed by atoms with van der Waals surface area (Å²) in [7, 11) is 1.60. The minimum atomic E-state index is 0.757. The number of nitrogens with zero attached hydrogens (tertiary/aromatic N) is 1. The van der Waals surface area contributed by atoms with Crippen LogP contribution in [0.2, 0.25) is 0 Å². The number of pyridine rings is 1. The number of nitrogens with one attached hydrogen (secondary N) is 2. The molecule has 12 heavy (non-hydrogen) atoms. The van der Waals surface area contributed by atoms with Crippen molar-refractivity contribution in [3.63, 3.8) is 0 Å². The fraction of sp³-hybridized carbons (Fsp3) is 0.375. The Labute approximate surface area is 71.9 Å². The van der Waals surface area contributed by atoms with Crippen LogP contribution >= 0.6 is 0 Å². The van der Waals surface area contributed by atoms with E-state index in [-0.39, 0.29) is 0 Å². The molecule has 66 valence electrons. The summed E-state index contributed by atoms with van der Waals surface area (Å²) in [6.45, 7) is 1.55. The summed E-state index contributed by atoms with van der Waals surface area (Å²) in [6, 6.07) is 5.75. The average Bonchev–Trinajstić information content (AvgIpc) is 2.14. The van der Waals surface area contributed by atoms with Crippen LogP contribution in [-0.4, -0.2) is 25.2 Å². The van der Waals surface area contributed by atoms with Gasteiger partial charge < -0.3 is 10.2 Å². The van der Waals surface area contributed by atoms with E-state index < -0.39 is 0 Å². The Kier molecular flexibility index (Phi) is 4.12. The van der Waals surface area contributed by atoms with Gasteiger partial charge in [0.15, 0.2) is 0 Å². The minimum absolute atomic E-state index is 0.757. The first-order valence-electron chi connectivity index (χ1n) is 3.84. The van der Waals surface area contributed by atoms with Gasteiger partial charge in [0.2, 0.25) is 0 Å². The van der Waals surface area contributed by atoms with Crippen LogP contribution in [-0.2, 0) is 4.84 Å². The maximum absolute atomic E-state index is 4.67. The van der Waals surface area contributed by atoms with E-state index >= 15 is 0 Å². The number of anilines is 1. The molecular formula is C8H13N3O. The zero-order valence-corrected chi connectivity index (χ0v) is 7.08. The molecule has 0 bridgehead atoms. The van der Waals surface area contributed by atoms with Gasteiger partial charge in [-0.05, 0) is 12.1 Å². The SMILES string of the molecule is CONCCNc1ccccn1. The maximum atomic E-state index is 4.67. The lowest BCUT2D eigenvalue weighted by Crippen LogP contribution is -2.21. The van der Waals surface area contributed by atoms with Crippen molar-refractivity contribution in [1.29, 1.82) is 0 Å². The Morgan fingerprint density at radius 2 is 2.33 bits per heavy atom. The summed E-state index contributed by atoms with van der Waals surface area (Å²) < 4.78 is 0. The zero-order valence-electron chi connectivity index (χ0n) is 7.08. The molecule has 4 nitrogen and oxygen atoms in total. The lowest BCUT2D eigenvalue weighted by atomic mass is 10.4. The number of hydroxylamine groups is 1. The molecule has 1 aromatic rings. The summed E-state index contributed by atoms with van der Waals surface area (Å²) in [5, 5.41) is 3.13. The summed E-state index contributed by atoms with van der Waals surface area (Å²) in [4.78, 5) is 8.77. The molecule has 0 aliphatic carbocycles. The van der Waals surface area contributed by atoms with E-state index in [1.165, 1.54) is 0 Å². The first-order valence-corrected chi connectivity index (χ1v) is 3.84. The van der Waals surface area contributed by atoms with Crippen molar-refractivity contribution >= 4 is 5.82 Å². The van der Waals surface area contributed by atoms with Gasteiger partial charge in [-0.2, -0.15) is 0 Å². The second kappa shape index (κ2) is 5.51. The fourth-order valence-corrected chi connectivity index (χ4v) is 0.811. The molecule has 0 radical (unpaired) electrons. The fourth-order valence-electron chi connectivity index (χ4n) is 0.811. The number of hydrogen-bond donors (Lipinski definition) is 2. The molecule has 0 saturated carbocycles. The first-order chi connectivity index (χ1) is 5.93. The molecule has 0 unspecified atom stereocenters. The van der Waals surface area contributed by atoms with Gasteiger partial charge in [-0.3, -0.25) is 0 Å². The van der Waals surface area contributed by atoms with Crippen molar-refractivity contribution in [2.24, 2.45) is 0 Å². The molecule has 0 amide bonds. The molecule has 1 rings (SSSR count). The lowest BCUT2D eigenvalue weighted by molar-refractivity contribution is 0.0950. The highest BCUT2D eigenvalue weighted by molar-refractivity contribution is 5.32. The van der Waals surface area contributed by atoms with Crippen LogP contribution in [0.25, 0.3) is 0 Å². The highest BCUT2D eigenvalue weighted by atomic mass is 16.6. The normalized spacial score (nSPS) is 9.75. The van der Waals surface area contributed by atoms with Gasteiger partial charge in [-0.25, -0.2) is 10.5 Å². The number of hydrogen-bond acceptors (Lipinski definition) is 4. The third-order valence-electron chi connectivity index (χ3n) is 1.34. The minimum Gasteiger partial charge on any atom is -0.369 e. The second-order valence-electron chi connectivity index (χ2n) is 2.24. The second-order valence-corrected chi connectivity index (χ2v) is 2.24. The van der Waals surface area contributed by atoms with Crippen LogP contribution in [0, 0.1) is 0 Å². The summed E-state index contributed by atoms with van der Waals surface area (Å²) in [5.41, 5.74) is 2.73. The molecule has 0 spiro atoms. The molecular weight excluding hydrogens is 154 g/mol. The molecule has 0 aliphatic rings. The third kappa shape index (κ3) is 3.32. The molecule has 4 heteroatoms. The molecule has 2 N–H and O–H groups in total. The first kappa shape index (κ1) is 8.96. The Morgan fingerprint density at radius 1 is 1.42 bits per heavy atom.